The van der Waals surface area contributed by atoms with Gasteiger partial charge in [-0.25, -0.2) is 9.78 Å². The Kier molecular flexibility index (Phi) is 6.11. The molecule has 0 spiro atoms. The third-order valence-corrected chi connectivity index (χ3v) is 6.09. The Morgan fingerprint density at radius 3 is 2.62 bits per heavy atom. The van der Waals surface area contributed by atoms with Crippen molar-refractivity contribution in [2.24, 2.45) is 7.05 Å². The highest BCUT2D eigenvalue weighted by molar-refractivity contribution is 5.90. The summed E-state index contributed by atoms with van der Waals surface area (Å²) in [6.07, 6.45) is -0.877. The number of hydrogen-bond acceptors (Lipinski definition) is 6. The summed E-state index contributed by atoms with van der Waals surface area (Å²) in [6, 6.07) is 1.90. The number of carbonyl (C=O) groups is 1. The first kappa shape index (κ1) is 23.4. The highest BCUT2D eigenvalue weighted by Crippen LogP contribution is 2.30. The second-order valence-electron chi connectivity index (χ2n) is 8.23. The number of amides is 2. The SMILES string of the molecule is CNc1n[nH]c2ncc(N3CCC(N(C)C(=O)Nc4cc(C(F)(F)F)cn(C)c4=O)CC3)cc12. The van der Waals surface area contributed by atoms with Crippen molar-refractivity contribution in [3.8, 4) is 0 Å². The van der Waals surface area contributed by atoms with Gasteiger partial charge in [-0.3, -0.25) is 9.89 Å². The number of aromatic amines is 1. The Morgan fingerprint density at radius 1 is 1.26 bits per heavy atom. The van der Waals surface area contributed by atoms with E-state index in [2.05, 4.69) is 30.7 Å². The molecule has 0 radical (unpaired) electrons. The Hall–Kier alpha value is -3.77. The average Bonchev–Trinajstić information content (AvgIpc) is 3.23. The minimum absolute atomic E-state index is 0.135. The van der Waals surface area contributed by atoms with Gasteiger partial charge >= 0.3 is 12.2 Å². The lowest BCUT2D eigenvalue weighted by Crippen LogP contribution is -2.47. The van der Waals surface area contributed by atoms with Crippen LogP contribution in [0.4, 0.5) is 35.2 Å². The molecule has 0 bridgehead atoms. The Bertz CT molecular complexity index is 1260. The number of hydrogen-bond donors (Lipinski definition) is 3. The molecule has 0 saturated carbocycles. The van der Waals surface area contributed by atoms with Gasteiger partial charge in [-0.15, -0.1) is 0 Å². The number of anilines is 3. The fourth-order valence-corrected chi connectivity index (χ4v) is 4.09. The summed E-state index contributed by atoms with van der Waals surface area (Å²) >= 11 is 0. The number of rotatable bonds is 4. The summed E-state index contributed by atoms with van der Waals surface area (Å²) in [5, 5.41) is 13.3. The maximum Gasteiger partial charge on any atom is 0.417 e. The minimum atomic E-state index is -4.63. The molecule has 0 aliphatic carbocycles. The number of halogens is 3. The monoisotopic (exact) mass is 478 g/mol. The predicted molar refractivity (Wildman–Crippen MR) is 122 cm³/mol. The van der Waals surface area contributed by atoms with Crippen molar-refractivity contribution in [1.82, 2.24) is 24.6 Å². The van der Waals surface area contributed by atoms with Gasteiger partial charge in [0.1, 0.15) is 5.69 Å². The molecule has 34 heavy (non-hydrogen) atoms. The lowest BCUT2D eigenvalue weighted by atomic mass is 10.0. The number of urea groups is 1. The molecule has 10 nitrogen and oxygen atoms in total. The average molecular weight is 478 g/mol. The smallest absolute Gasteiger partial charge is 0.371 e. The van der Waals surface area contributed by atoms with E-state index in [-0.39, 0.29) is 6.04 Å². The van der Waals surface area contributed by atoms with Crippen molar-refractivity contribution in [2.45, 2.75) is 25.1 Å². The molecule has 1 fully saturated rings. The van der Waals surface area contributed by atoms with E-state index in [0.29, 0.717) is 49.7 Å². The predicted octanol–water partition coefficient (Wildman–Crippen LogP) is 2.85. The summed E-state index contributed by atoms with van der Waals surface area (Å²) in [5.41, 5.74) is -0.520. The molecule has 0 atom stereocenters. The van der Waals surface area contributed by atoms with Gasteiger partial charge in [0, 0.05) is 46.5 Å². The molecule has 4 heterocycles. The van der Waals surface area contributed by atoms with Gasteiger partial charge in [0.15, 0.2) is 11.5 Å². The number of nitrogens with one attached hydrogen (secondary N) is 3. The highest BCUT2D eigenvalue weighted by Gasteiger charge is 2.33. The zero-order chi connectivity index (χ0) is 24.6. The Labute approximate surface area is 192 Å². The molecule has 4 rings (SSSR count). The van der Waals surface area contributed by atoms with Gasteiger partial charge < -0.3 is 25.0 Å². The molecule has 182 valence electrons. The zero-order valence-corrected chi connectivity index (χ0v) is 18.9. The van der Waals surface area contributed by atoms with Gasteiger partial charge in [0.05, 0.1) is 22.8 Å². The molecule has 1 saturated heterocycles. The van der Waals surface area contributed by atoms with Crippen LogP contribution in [-0.4, -0.2) is 63.9 Å². The molecular weight excluding hydrogens is 453 g/mol. The first-order valence-electron chi connectivity index (χ1n) is 10.7. The molecule has 2 amide bonds. The van der Waals surface area contributed by atoms with Gasteiger partial charge in [-0.05, 0) is 25.0 Å². The summed E-state index contributed by atoms with van der Waals surface area (Å²) in [7, 11) is 4.57. The first-order chi connectivity index (χ1) is 16.1. The van der Waals surface area contributed by atoms with Crippen LogP contribution in [0.25, 0.3) is 11.0 Å². The van der Waals surface area contributed by atoms with E-state index in [9.17, 15) is 22.8 Å². The van der Waals surface area contributed by atoms with Crippen molar-refractivity contribution < 1.29 is 18.0 Å². The topological polar surface area (TPSA) is 111 Å². The van der Waals surface area contributed by atoms with Crippen LogP contribution in [0, 0.1) is 0 Å². The molecule has 3 aromatic rings. The standard InChI is InChI=1S/C21H25F3N8O2/c1-25-17-15-9-14(10-26-18(15)29-28-17)32-6-4-13(5-7-32)31(3)20(34)27-16-8-12(21(22,23)24)11-30(2)19(16)33/h8-11,13H,4-7H2,1-3H3,(H,27,34)(H2,25,26,28,29). The number of nitrogens with zero attached hydrogens (tertiary/aromatic N) is 5. The molecule has 0 aromatic carbocycles. The number of pyridine rings is 2. The second kappa shape index (κ2) is 8.88. The molecule has 0 unspecified atom stereocenters. The van der Waals surface area contributed by atoms with E-state index in [1.807, 2.05) is 6.07 Å². The number of carbonyl (C=O) groups excluding carboxylic acids is 1. The van der Waals surface area contributed by atoms with Crippen LogP contribution in [0.1, 0.15) is 18.4 Å². The number of H-pyrrole nitrogens is 1. The van der Waals surface area contributed by atoms with Crippen molar-refractivity contribution in [1.29, 1.82) is 0 Å². The second-order valence-corrected chi connectivity index (χ2v) is 8.23. The minimum Gasteiger partial charge on any atom is -0.371 e. The Balaban J connectivity index is 1.42. The number of fused-ring (bicyclic) bond motifs is 1. The largest absolute Gasteiger partial charge is 0.417 e. The fourth-order valence-electron chi connectivity index (χ4n) is 4.09. The molecule has 1 aliphatic rings. The van der Waals surface area contributed by atoms with Crippen molar-refractivity contribution in [3.63, 3.8) is 0 Å². The Morgan fingerprint density at radius 2 is 1.97 bits per heavy atom. The van der Waals surface area contributed by atoms with Gasteiger partial charge in [-0.1, -0.05) is 0 Å². The third-order valence-electron chi connectivity index (χ3n) is 6.09. The quantitative estimate of drug-likeness (QED) is 0.532. The van der Waals surface area contributed by atoms with E-state index >= 15 is 0 Å². The van der Waals surface area contributed by atoms with Crippen LogP contribution in [-0.2, 0) is 13.2 Å². The maximum atomic E-state index is 13.1. The lowest BCUT2D eigenvalue weighted by Gasteiger charge is -2.37. The van der Waals surface area contributed by atoms with E-state index in [1.165, 1.54) is 11.9 Å². The van der Waals surface area contributed by atoms with Crippen LogP contribution in [0.3, 0.4) is 0 Å². The van der Waals surface area contributed by atoms with E-state index < -0.39 is 29.0 Å². The number of piperidine rings is 1. The molecule has 1 aliphatic heterocycles. The van der Waals surface area contributed by atoms with Crippen LogP contribution in [0.2, 0.25) is 0 Å². The highest BCUT2D eigenvalue weighted by atomic mass is 19.4. The molecule has 13 heteroatoms. The summed E-state index contributed by atoms with van der Waals surface area (Å²) in [4.78, 5) is 33.0. The third kappa shape index (κ3) is 4.50. The first-order valence-corrected chi connectivity index (χ1v) is 10.7. The van der Waals surface area contributed by atoms with E-state index in [0.717, 1.165) is 15.6 Å². The number of alkyl halides is 3. The van der Waals surface area contributed by atoms with Crippen molar-refractivity contribution >= 4 is 34.3 Å². The van der Waals surface area contributed by atoms with Gasteiger partial charge in [-0.2, -0.15) is 18.3 Å². The zero-order valence-electron chi connectivity index (χ0n) is 18.9. The summed E-state index contributed by atoms with van der Waals surface area (Å²) in [5.74, 6) is 0.705. The summed E-state index contributed by atoms with van der Waals surface area (Å²) < 4.78 is 40.1. The van der Waals surface area contributed by atoms with Crippen LogP contribution in [0.15, 0.2) is 29.3 Å². The van der Waals surface area contributed by atoms with Gasteiger partial charge in [0.25, 0.3) is 5.56 Å². The summed E-state index contributed by atoms with van der Waals surface area (Å²) in [6.45, 7) is 1.32. The molecule has 3 aromatic heterocycles. The van der Waals surface area contributed by atoms with Crippen LogP contribution < -0.4 is 21.1 Å². The molecule has 3 N–H and O–H groups in total. The number of aromatic nitrogens is 4. The molecular formula is C21H25F3N8O2. The fraction of sp³-hybridized carbons (Fsp3) is 0.429. The van der Waals surface area contributed by atoms with Gasteiger partial charge in [0.2, 0.25) is 0 Å². The van der Waals surface area contributed by atoms with Crippen molar-refractivity contribution in [3.05, 3.63) is 40.4 Å². The maximum absolute atomic E-state index is 13.1. The van der Waals surface area contributed by atoms with E-state index in [4.69, 9.17) is 0 Å². The lowest BCUT2D eigenvalue weighted by molar-refractivity contribution is -0.138. The normalized spacial score (nSPS) is 14.9. The van der Waals surface area contributed by atoms with Crippen molar-refractivity contribution in [2.75, 3.05) is 42.7 Å². The van der Waals surface area contributed by atoms with Crippen LogP contribution in [0.5, 0.6) is 0 Å². The number of aryl methyl sites for hydroxylation is 1. The van der Waals surface area contributed by atoms with Crippen LogP contribution >= 0.6 is 0 Å². The van der Waals surface area contributed by atoms with E-state index in [1.54, 1.807) is 20.3 Å².